The monoisotopic (exact) mass is 204 g/mol. The van der Waals surface area contributed by atoms with Gasteiger partial charge >= 0.3 is 0 Å². The first-order valence-corrected chi connectivity index (χ1v) is 5.41. The van der Waals surface area contributed by atoms with Crippen LogP contribution in [0.3, 0.4) is 0 Å². The molecule has 1 rings (SSSR count). The zero-order valence-corrected chi connectivity index (χ0v) is 8.72. The molecule has 0 heterocycles. The molecule has 0 radical (unpaired) electrons. The van der Waals surface area contributed by atoms with E-state index in [0.717, 1.165) is 4.90 Å². The molecule has 0 aliphatic heterocycles. The summed E-state index contributed by atoms with van der Waals surface area (Å²) in [5.41, 5.74) is 2.70. The Morgan fingerprint density at radius 1 is 1.43 bits per heavy atom. The van der Waals surface area contributed by atoms with Gasteiger partial charge in [0, 0.05) is 11.3 Å². The molecular weight excluding hydrogens is 192 g/mol. The molecule has 0 spiro atoms. The van der Waals surface area contributed by atoms with Gasteiger partial charge in [-0.3, -0.25) is 0 Å². The molecule has 0 aromatic heterocycles. The maximum Gasteiger partial charge on any atom is 0.0889 e. The van der Waals surface area contributed by atoms with Crippen LogP contribution in [0.4, 0.5) is 0 Å². The van der Waals surface area contributed by atoms with Gasteiger partial charge in [-0.15, -0.1) is 12.3 Å². The van der Waals surface area contributed by atoms with Crippen LogP contribution >= 0.6 is 0 Å². The number of hydrogen-bond donors (Lipinski definition) is 0. The van der Waals surface area contributed by atoms with E-state index in [1.54, 1.807) is 6.08 Å². The summed E-state index contributed by atoms with van der Waals surface area (Å²) in [6.45, 7) is 7.12. The highest BCUT2D eigenvalue weighted by molar-refractivity contribution is 7.89. The van der Waals surface area contributed by atoms with Crippen molar-refractivity contribution in [3.05, 3.63) is 60.2 Å². The van der Waals surface area contributed by atoms with Crippen LogP contribution in [0.25, 0.3) is 0 Å². The van der Waals surface area contributed by atoms with Gasteiger partial charge < -0.3 is 0 Å². The Hall–Kier alpha value is -1.37. The second kappa shape index (κ2) is 5.38. The van der Waals surface area contributed by atoms with Crippen molar-refractivity contribution in [2.45, 2.75) is 11.3 Å². The van der Waals surface area contributed by atoms with E-state index in [2.05, 4.69) is 18.9 Å². The second-order valence-corrected chi connectivity index (χ2v) is 4.18. The van der Waals surface area contributed by atoms with Gasteiger partial charge in [-0.1, -0.05) is 30.9 Å². The third-order valence-electron chi connectivity index (χ3n) is 1.71. The Kier molecular flexibility index (Phi) is 4.11. The minimum atomic E-state index is -1.15. The van der Waals surface area contributed by atoms with Crippen LogP contribution in [0.2, 0.25) is 0 Å². The normalized spacial score (nSPS) is 11.4. The molecule has 0 N–H and O–H groups in total. The number of hydrogen-bond acceptors (Lipinski definition) is 1. The van der Waals surface area contributed by atoms with Crippen molar-refractivity contribution < 1.29 is 4.21 Å². The van der Waals surface area contributed by atoms with E-state index in [9.17, 15) is 4.21 Å². The summed E-state index contributed by atoms with van der Waals surface area (Å²) in [4.78, 5) is 1.45. The highest BCUT2D eigenvalue weighted by Crippen LogP contribution is 2.15. The first kappa shape index (κ1) is 10.7. The molecule has 2 heteroatoms. The fraction of sp³-hybridized carbons (Fsp3) is 0.0833. The molecule has 0 fully saturated rings. The van der Waals surface area contributed by atoms with Gasteiger partial charge in [-0.2, -0.15) is 0 Å². The van der Waals surface area contributed by atoms with E-state index in [1.807, 2.05) is 30.3 Å². The smallest absolute Gasteiger partial charge is 0.0889 e. The largest absolute Gasteiger partial charge is 0.249 e. The first-order valence-electron chi connectivity index (χ1n) is 4.26. The fourth-order valence-electron chi connectivity index (χ4n) is 1.03. The van der Waals surface area contributed by atoms with Gasteiger partial charge in [0.2, 0.25) is 0 Å². The number of allylic oxidation sites excluding steroid dienone is 2. The van der Waals surface area contributed by atoms with Gasteiger partial charge in [0.05, 0.1) is 15.7 Å². The van der Waals surface area contributed by atoms with Crippen LogP contribution in [-0.2, 0) is 10.8 Å². The van der Waals surface area contributed by atoms with Crippen molar-refractivity contribution in [3.63, 3.8) is 0 Å². The molecule has 0 bridgehead atoms. The van der Waals surface area contributed by atoms with Gasteiger partial charge in [-0.25, -0.2) is 4.21 Å². The maximum atomic E-state index is 11.9. The fourth-order valence-corrected chi connectivity index (χ4v) is 2.12. The Balaban J connectivity index is 2.96. The zero-order chi connectivity index (χ0) is 10.4. The molecule has 0 saturated heterocycles. The molecule has 14 heavy (non-hydrogen) atoms. The highest BCUT2D eigenvalue weighted by Gasteiger charge is 2.06. The van der Waals surface area contributed by atoms with Crippen LogP contribution in [0.1, 0.15) is 6.42 Å². The van der Waals surface area contributed by atoms with Gasteiger partial charge in [0.1, 0.15) is 0 Å². The lowest BCUT2D eigenvalue weighted by atomic mass is 10.4. The molecule has 72 valence electrons. The van der Waals surface area contributed by atoms with E-state index < -0.39 is 10.8 Å². The molecule has 1 aromatic rings. The van der Waals surface area contributed by atoms with Crippen molar-refractivity contribution in [1.82, 2.24) is 0 Å². The minimum Gasteiger partial charge on any atom is -0.249 e. The predicted octanol–water partition coefficient (Wildman–Crippen LogP) is 3.04. The number of rotatable bonds is 4. The molecular formula is C12H12OS. The van der Waals surface area contributed by atoms with Gasteiger partial charge in [0.15, 0.2) is 0 Å². The lowest BCUT2D eigenvalue weighted by molar-refractivity contribution is 0.686. The quantitative estimate of drug-likeness (QED) is 0.544. The van der Waals surface area contributed by atoms with Crippen molar-refractivity contribution in [2.75, 3.05) is 0 Å². The zero-order valence-electron chi connectivity index (χ0n) is 7.90. The first-order chi connectivity index (χ1) is 6.79. The summed E-state index contributed by atoms with van der Waals surface area (Å²) in [6, 6.07) is 9.28. The standard InChI is InChI=1S/C12H12OS/c1-3-8-11(4-2)14(13)12-9-6-5-7-10-12/h3,5-7,9-10H,1-2,8H2. The van der Waals surface area contributed by atoms with Crippen LogP contribution in [-0.4, -0.2) is 4.21 Å². The number of benzene rings is 1. The lowest BCUT2D eigenvalue weighted by Crippen LogP contribution is -1.93. The van der Waals surface area contributed by atoms with Crippen LogP contribution < -0.4 is 0 Å². The molecule has 0 aliphatic rings. The molecule has 0 saturated carbocycles. The molecule has 1 unspecified atom stereocenters. The van der Waals surface area contributed by atoms with Crippen molar-refractivity contribution in [3.8, 4) is 0 Å². The van der Waals surface area contributed by atoms with Crippen LogP contribution in [0.15, 0.2) is 65.1 Å². The predicted molar refractivity (Wildman–Crippen MR) is 60.3 cm³/mol. The third kappa shape index (κ3) is 2.56. The summed E-state index contributed by atoms with van der Waals surface area (Å²) in [5.74, 6) is 0. The molecule has 1 nitrogen and oxygen atoms in total. The summed E-state index contributed by atoms with van der Waals surface area (Å²) in [7, 11) is -1.15. The Labute approximate surface area is 86.9 Å². The van der Waals surface area contributed by atoms with Crippen molar-refractivity contribution in [1.29, 1.82) is 0 Å². The Morgan fingerprint density at radius 3 is 2.57 bits per heavy atom. The summed E-state index contributed by atoms with van der Waals surface area (Å²) in [5, 5.41) is 0. The minimum absolute atomic E-state index is 0.561. The van der Waals surface area contributed by atoms with Crippen molar-refractivity contribution >= 4 is 10.8 Å². The summed E-state index contributed by atoms with van der Waals surface area (Å²) >= 11 is 0. The summed E-state index contributed by atoms with van der Waals surface area (Å²) in [6.07, 6.45) is 2.26. The van der Waals surface area contributed by atoms with Crippen molar-refractivity contribution in [2.24, 2.45) is 0 Å². The average molecular weight is 204 g/mol. The molecule has 0 aliphatic carbocycles. The second-order valence-electron chi connectivity index (χ2n) is 2.67. The van der Waals surface area contributed by atoms with Gasteiger partial charge in [0.25, 0.3) is 0 Å². The van der Waals surface area contributed by atoms with E-state index in [4.69, 9.17) is 0 Å². The maximum absolute atomic E-state index is 11.9. The van der Waals surface area contributed by atoms with E-state index in [-0.39, 0.29) is 0 Å². The van der Waals surface area contributed by atoms with E-state index in [0.29, 0.717) is 11.3 Å². The van der Waals surface area contributed by atoms with Gasteiger partial charge in [-0.05, 0) is 12.1 Å². The summed E-state index contributed by atoms with van der Waals surface area (Å²) < 4.78 is 11.9. The molecule has 1 aromatic carbocycles. The molecule has 1 atom stereocenters. The van der Waals surface area contributed by atoms with Crippen LogP contribution in [0.5, 0.6) is 0 Å². The lowest BCUT2D eigenvalue weighted by Gasteiger charge is -2.01. The topological polar surface area (TPSA) is 17.1 Å². The Morgan fingerprint density at radius 2 is 2.07 bits per heavy atom. The van der Waals surface area contributed by atoms with Crippen LogP contribution in [0, 0.1) is 0 Å². The highest BCUT2D eigenvalue weighted by atomic mass is 32.2. The SMILES string of the molecule is C=C=C(CC=C)S(=O)c1ccccc1. The molecule has 0 amide bonds. The average Bonchev–Trinajstić information content (AvgIpc) is 2.26. The van der Waals surface area contributed by atoms with E-state index >= 15 is 0 Å². The Bertz CT molecular complexity index is 386. The van der Waals surface area contributed by atoms with E-state index in [1.165, 1.54) is 0 Å². The third-order valence-corrected chi connectivity index (χ3v) is 3.17.